The Morgan fingerprint density at radius 1 is 1.35 bits per heavy atom. The van der Waals surface area contributed by atoms with E-state index in [9.17, 15) is 14.4 Å². The molecule has 2 N–H and O–H groups in total. The van der Waals surface area contributed by atoms with E-state index in [2.05, 4.69) is 5.32 Å². The van der Waals surface area contributed by atoms with E-state index in [1.807, 2.05) is 16.8 Å². The molecule has 1 aromatic rings. The second-order valence-electron chi connectivity index (χ2n) is 4.74. The van der Waals surface area contributed by atoms with Crippen LogP contribution < -0.4 is 5.32 Å². The van der Waals surface area contributed by atoms with Crippen LogP contribution >= 0.6 is 11.3 Å². The number of hydrogen-bond acceptors (Lipinski definition) is 4. The number of nitrogens with zero attached hydrogens (tertiary/aromatic N) is 1. The van der Waals surface area contributed by atoms with Gasteiger partial charge in [0.2, 0.25) is 5.91 Å². The fourth-order valence-electron chi connectivity index (χ4n) is 1.81. The third-order valence-electron chi connectivity index (χ3n) is 2.99. The number of rotatable bonds is 6. The highest BCUT2D eigenvalue weighted by Gasteiger charge is 2.33. The summed E-state index contributed by atoms with van der Waals surface area (Å²) in [5.74, 6) is -1.60. The Labute approximate surface area is 120 Å². The minimum absolute atomic E-state index is 0.183. The van der Waals surface area contributed by atoms with Gasteiger partial charge in [-0.15, -0.1) is 0 Å². The lowest BCUT2D eigenvalue weighted by Gasteiger charge is -2.21. The van der Waals surface area contributed by atoms with Crippen LogP contribution in [0.15, 0.2) is 16.8 Å². The molecule has 7 heteroatoms. The van der Waals surface area contributed by atoms with Crippen LogP contribution in [0.1, 0.15) is 31.2 Å². The van der Waals surface area contributed by atoms with Gasteiger partial charge in [-0.2, -0.15) is 11.3 Å². The van der Waals surface area contributed by atoms with Crippen molar-refractivity contribution in [2.24, 2.45) is 0 Å². The predicted octanol–water partition coefficient (Wildman–Crippen LogP) is 1.81. The van der Waals surface area contributed by atoms with Gasteiger partial charge >= 0.3 is 12.0 Å². The summed E-state index contributed by atoms with van der Waals surface area (Å²) in [7, 11) is 0. The Bertz CT molecular complexity index is 496. The first-order valence-corrected chi connectivity index (χ1v) is 7.34. The number of urea groups is 1. The van der Waals surface area contributed by atoms with E-state index < -0.39 is 17.9 Å². The molecule has 2 rings (SSSR count). The number of amides is 3. The Kier molecular flexibility index (Phi) is 4.73. The Morgan fingerprint density at radius 2 is 2.10 bits per heavy atom. The normalized spacial score (nSPS) is 13.8. The molecule has 1 heterocycles. The van der Waals surface area contributed by atoms with Crippen LogP contribution in [-0.4, -0.2) is 34.0 Å². The van der Waals surface area contributed by atoms with Crippen molar-refractivity contribution in [1.82, 2.24) is 10.2 Å². The summed E-state index contributed by atoms with van der Waals surface area (Å²) in [5, 5.41) is 14.7. The second kappa shape index (κ2) is 6.51. The van der Waals surface area contributed by atoms with Crippen LogP contribution in [0.2, 0.25) is 0 Å². The maximum absolute atomic E-state index is 12.1. The SMILES string of the molecule is O=C(O)CCC(=O)NC(=O)N(Cc1ccsc1)C1CC1. The number of carboxylic acid groups (broad SMARTS) is 1. The molecule has 1 fully saturated rings. The zero-order valence-electron chi connectivity index (χ0n) is 10.9. The van der Waals surface area contributed by atoms with Crippen LogP contribution in [0.25, 0.3) is 0 Å². The Balaban J connectivity index is 1.87. The van der Waals surface area contributed by atoms with E-state index >= 15 is 0 Å². The summed E-state index contributed by atoms with van der Waals surface area (Å²) in [6.07, 6.45) is 1.44. The number of carbonyl (C=O) groups is 3. The van der Waals surface area contributed by atoms with Crippen molar-refractivity contribution in [2.45, 2.75) is 38.3 Å². The molecule has 1 aliphatic carbocycles. The monoisotopic (exact) mass is 296 g/mol. The van der Waals surface area contributed by atoms with Gasteiger partial charge in [-0.05, 0) is 35.2 Å². The molecule has 3 amide bonds. The van der Waals surface area contributed by atoms with Crippen LogP contribution in [-0.2, 0) is 16.1 Å². The molecule has 1 saturated carbocycles. The van der Waals surface area contributed by atoms with Gasteiger partial charge in [0.05, 0.1) is 6.42 Å². The summed E-state index contributed by atoms with van der Waals surface area (Å²) in [4.78, 5) is 35.6. The lowest BCUT2D eigenvalue weighted by atomic mass is 10.3. The van der Waals surface area contributed by atoms with Crippen molar-refractivity contribution in [3.8, 4) is 0 Å². The molecule has 20 heavy (non-hydrogen) atoms. The van der Waals surface area contributed by atoms with E-state index in [1.54, 1.807) is 16.2 Å². The average Bonchev–Trinajstić information content (AvgIpc) is 3.10. The second-order valence-corrected chi connectivity index (χ2v) is 5.52. The Hall–Kier alpha value is -1.89. The van der Waals surface area contributed by atoms with Crippen molar-refractivity contribution in [1.29, 1.82) is 0 Å². The molecule has 0 atom stereocenters. The van der Waals surface area contributed by atoms with E-state index in [1.165, 1.54) is 0 Å². The van der Waals surface area contributed by atoms with E-state index in [-0.39, 0.29) is 18.9 Å². The molecular formula is C13H16N2O4S. The first-order chi connectivity index (χ1) is 9.56. The highest BCUT2D eigenvalue weighted by atomic mass is 32.1. The largest absolute Gasteiger partial charge is 0.481 e. The van der Waals surface area contributed by atoms with Crippen molar-refractivity contribution < 1.29 is 19.5 Å². The average molecular weight is 296 g/mol. The molecule has 0 aromatic carbocycles. The lowest BCUT2D eigenvalue weighted by Crippen LogP contribution is -2.43. The molecule has 1 aromatic heterocycles. The lowest BCUT2D eigenvalue weighted by molar-refractivity contribution is -0.138. The van der Waals surface area contributed by atoms with Crippen molar-refractivity contribution >= 4 is 29.2 Å². The fourth-order valence-corrected chi connectivity index (χ4v) is 2.47. The van der Waals surface area contributed by atoms with Gasteiger partial charge in [0.1, 0.15) is 0 Å². The van der Waals surface area contributed by atoms with Gasteiger partial charge in [-0.3, -0.25) is 14.9 Å². The van der Waals surface area contributed by atoms with Gasteiger partial charge in [-0.1, -0.05) is 0 Å². The van der Waals surface area contributed by atoms with E-state index in [4.69, 9.17) is 5.11 Å². The summed E-state index contributed by atoms with van der Waals surface area (Å²) in [6.45, 7) is 0.478. The highest BCUT2D eigenvalue weighted by Crippen LogP contribution is 2.28. The Morgan fingerprint density at radius 3 is 2.65 bits per heavy atom. The zero-order valence-corrected chi connectivity index (χ0v) is 11.7. The van der Waals surface area contributed by atoms with Gasteiger partial charge in [0, 0.05) is 19.0 Å². The summed E-state index contributed by atoms with van der Waals surface area (Å²) < 4.78 is 0. The molecule has 1 aliphatic rings. The fraction of sp³-hybridized carbons (Fsp3) is 0.462. The zero-order chi connectivity index (χ0) is 14.5. The number of carboxylic acids is 1. The molecule has 0 aliphatic heterocycles. The van der Waals surface area contributed by atoms with Crippen molar-refractivity contribution in [3.05, 3.63) is 22.4 Å². The molecule has 0 spiro atoms. The predicted molar refractivity (Wildman–Crippen MR) is 73.3 cm³/mol. The van der Waals surface area contributed by atoms with Gasteiger partial charge < -0.3 is 10.0 Å². The maximum Gasteiger partial charge on any atom is 0.324 e. The molecule has 0 saturated heterocycles. The quantitative estimate of drug-likeness (QED) is 0.838. The maximum atomic E-state index is 12.1. The van der Waals surface area contributed by atoms with Crippen LogP contribution in [0.5, 0.6) is 0 Å². The number of aliphatic carboxylic acids is 1. The van der Waals surface area contributed by atoms with E-state index in [0.29, 0.717) is 6.54 Å². The highest BCUT2D eigenvalue weighted by molar-refractivity contribution is 7.07. The van der Waals surface area contributed by atoms with Crippen molar-refractivity contribution in [3.63, 3.8) is 0 Å². The number of nitrogens with one attached hydrogen (secondary N) is 1. The third kappa shape index (κ3) is 4.34. The third-order valence-corrected chi connectivity index (χ3v) is 3.73. The molecule has 0 radical (unpaired) electrons. The summed E-state index contributed by atoms with van der Waals surface area (Å²) >= 11 is 1.56. The number of carbonyl (C=O) groups excluding carboxylic acids is 2. The van der Waals surface area contributed by atoms with Gasteiger partial charge in [-0.25, -0.2) is 4.79 Å². The van der Waals surface area contributed by atoms with Gasteiger partial charge in [0.15, 0.2) is 0 Å². The first kappa shape index (κ1) is 14.5. The smallest absolute Gasteiger partial charge is 0.324 e. The van der Waals surface area contributed by atoms with E-state index in [0.717, 1.165) is 18.4 Å². The van der Waals surface area contributed by atoms with Crippen molar-refractivity contribution in [2.75, 3.05) is 0 Å². The minimum atomic E-state index is -1.05. The molecular weight excluding hydrogens is 280 g/mol. The molecule has 108 valence electrons. The summed E-state index contributed by atoms with van der Waals surface area (Å²) in [5.41, 5.74) is 1.04. The molecule has 0 bridgehead atoms. The summed E-state index contributed by atoms with van der Waals surface area (Å²) in [6, 6.07) is 1.69. The standard InChI is InChI=1S/C13H16N2O4S/c16-11(3-4-12(17)18)14-13(19)15(10-1-2-10)7-9-5-6-20-8-9/h5-6,8,10H,1-4,7H2,(H,17,18)(H,14,16,19). The van der Waals surface area contributed by atoms with Gasteiger partial charge in [0.25, 0.3) is 0 Å². The molecule has 6 nitrogen and oxygen atoms in total. The molecule has 0 unspecified atom stereocenters. The topological polar surface area (TPSA) is 86.7 Å². The van der Waals surface area contributed by atoms with Crippen LogP contribution in [0.4, 0.5) is 4.79 Å². The number of hydrogen-bond donors (Lipinski definition) is 2. The number of imide groups is 1. The first-order valence-electron chi connectivity index (χ1n) is 6.39. The minimum Gasteiger partial charge on any atom is -0.481 e. The van der Waals surface area contributed by atoms with Crippen LogP contribution in [0, 0.1) is 0 Å². The van der Waals surface area contributed by atoms with Crippen LogP contribution in [0.3, 0.4) is 0 Å². The number of thiophene rings is 1.